The van der Waals surface area contributed by atoms with Gasteiger partial charge in [-0.15, -0.1) is 0 Å². The van der Waals surface area contributed by atoms with Crippen LogP contribution in [0.15, 0.2) is 48.5 Å². The summed E-state index contributed by atoms with van der Waals surface area (Å²) in [5.41, 5.74) is 1.53. The van der Waals surface area contributed by atoms with Crippen LogP contribution in [0.5, 0.6) is 0 Å². The smallest absolute Gasteiger partial charge is 0.256 e. The van der Waals surface area contributed by atoms with Crippen molar-refractivity contribution in [3.05, 3.63) is 59.9 Å². The zero-order valence-corrected chi connectivity index (χ0v) is 18.0. The lowest BCUT2D eigenvalue weighted by atomic mass is 9.86. The number of carbonyl (C=O) groups excluding carboxylic acids is 2. The van der Waals surface area contributed by atoms with Crippen LogP contribution >= 0.6 is 0 Å². The molecule has 1 aliphatic heterocycles. The molecule has 30 heavy (non-hydrogen) atoms. The van der Waals surface area contributed by atoms with Crippen molar-refractivity contribution >= 4 is 11.8 Å². The summed E-state index contributed by atoms with van der Waals surface area (Å²) in [5, 5.41) is 0. The van der Waals surface area contributed by atoms with E-state index < -0.39 is 5.60 Å². The SMILES string of the molecule is CC(C)C(=O)N1CCO[C@@](Cc2ccccc2-c2ccc(F)cc2)(C(=O)N(C)C)C1. The van der Waals surface area contributed by atoms with Crippen molar-refractivity contribution in [3.63, 3.8) is 0 Å². The maximum absolute atomic E-state index is 13.4. The monoisotopic (exact) mass is 412 g/mol. The van der Waals surface area contributed by atoms with E-state index in [0.717, 1.165) is 16.7 Å². The molecule has 1 fully saturated rings. The number of morpholine rings is 1. The second-order valence-corrected chi connectivity index (χ2v) is 8.30. The molecule has 5 nitrogen and oxygen atoms in total. The Morgan fingerprint density at radius 3 is 2.43 bits per heavy atom. The summed E-state index contributed by atoms with van der Waals surface area (Å²) in [6, 6.07) is 14.0. The summed E-state index contributed by atoms with van der Waals surface area (Å²) in [7, 11) is 3.39. The Morgan fingerprint density at radius 1 is 1.13 bits per heavy atom. The lowest BCUT2D eigenvalue weighted by Crippen LogP contribution is -2.62. The fourth-order valence-electron chi connectivity index (χ4n) is 3.95. The van der Waals surface area contributed by atoms with Crippen LogP contribution < -0.4 is 0 Å². The highest BCUT2D eigenvalue weighted by atomic mass is 19.1. The van der Waals surface area contributed by atoms with E-state index in [9.17, 15) is 14.0 Å². The third kappa shape index (κ3) is 4.54. The Hall–Kier alpha value is -2.73. The van der Waals surface area contributed by atoms with Crippen molar-refractivity contribution in [1.82, 2.24) is 9.80 Å². The highest BCUT2D eigenvalue weighted by Crippen LogP contribution is 2.31. The molecule has 1 atom stereocenters. The third-order valence-electron chi connectivity index (χ3n) is 5.44. The topological polar surface area (TPSA) is 49.9 Å². The maximum Gasteiger partial charge on any atom is 0.256 e. The van der Waals surface area contributed by atoms with Crippen LogP contribution in [0.25, 0.3) is 11.1 Å². The highest BCUT2D eigenvalue weighted by molar-refractivity contribution is 5.88. The van der Waals surface area contributed by atoms with Gasteiger partial charge in [-0.2, -0.15) is 0 Å². The van der Waals surface area contributed by atoms with Crippen LogP contribution in [0.2, 0.25) is 0 Å². The fourth-order valence-corrected chi connectivity index (χ4v) is 3.95. The van der Waals surface area contributed by atoms with E-state index in [-0.39, 0.29) is 30.1 Å². The summed E-state index contributed by atoms with van der Waals surface area (Å²) in [6.45, 7) is 4.70. The average molecular weight is 413 g/mol. The van der Waals surface area contributed by atoms with Gasteiger partial charge in [0, 0.05) is 33.0 Å². The van der Waals surface area contributed by atoms with Crippen LogP contribution in [-0.2, 0) is 20.7 Å². The molecule has 0 saturated carbocycles. The van der Waals surface area contributed by atoms with Crippen LogP contribution in [-0.4, -0.2) is 61.0 Å². The van der Waals surface area contributed by atoms with Gasteiger partial charge in [-0.05, 0) is 28.8 Å². The van der Waals surface area contributed by atoms with E-state index >= 15 is 0 Å². The molecule has 6 heteroatoms. The van der Waals surface area contributed by atoms with E-state index in [2.05, 4.69) is 0 Å². The van der Waals surface area contributed by atoms with Gasteiger partial charge in [-0.1, -0.05) is 50.2 Å². The van der Waals surface area contributed by atoms with E-state index in [1.54, 1.807) is 31.1 Å². The van der Waals surface area contributed by atoms with Crippen molar-refractivity contribution < 1.29 is 18.7 Å². The standard InChI is InChI=1S/C24H29FN2O3/c1-17(2)22(28)27-13-14-30-24(16-27,23(29)26(3)4)15-19-7-5-6-8-21(19)18-9-11-20(25)12-10-18/h5-12,17H,13-16H2,1-4H3/t24-/m1/s1. The minimum absolute atomic E-state index is 0.0149. The molecule has 0 bridgehead atoms. The number of likely N-dealkylation sites (N-methyl/N-ethyl adjacent to an activating group) is 1. The molecule has 1 saturated heterocycles. The largest absolute Gasteiger partial charge is 0.361 e. The van der Waals surface area contributed by atoms with Gasteiger partial charge in [0.1, 0.15) is 5.82 Å². The molecule has 3 rings (SSSR count). The van der Waals surface area contributed by atoms with Crippen LogP contribution in [0.4, 0.5) is 4.39 Å². The zero-order chi connectivity index (χ0) is 21.9. The average Bonchev–Trinajstić information content (AvgIpc) is 2.73. The molecule has 1 aliphatic rings. The number of hydrogen-bond acceptors (Lipinski definition) is 3. The molecular weight excluding hydrogens is 383 g/mol. The predicted octanol–water partition coefficient (Wildman–Crippen LogP) is 3.38. The van der Waals surface area contributed by atoms with Crippen molar-refractivity contribution in [1.29, 1.82) is 0 Å². The van der Waals surface area contributed by atoms with E-state index in [4.69, 9.17) is 4.74 Å². The van der Waals surface area contributed by atoms with Gasteiger partial charge in [0.05, 0.1) is 13.2 Å². The summed E-state index contributed by atoms with van der Waals surface area (Å²) >= 11 is 0. The van der Waals surface area contributed by atoms with Gasteiger partial charge >= 0.3 is 0 Å². The van der Waals surface area contributed by atoms with Gasteiger partial charge in [-0.25, -0.2) is 4.39 Å². The highest BCUT2D eigenvalue weighted by Gasteiger charge is 2.46. The molecule has 0 spiro atoms. The number of hydrogen-bond donors (Lipinski definition) is 0. The lowest BCUT2D eigenvalue weighted by Gasteiger charge is -2.43. The molecule has 0 unspecified atom stereocenters. The van der Waals surface area contributed by atoms with Gasteiger partial charge in [0.25, 0.3) is 5.91 Å². The van der Waals surface area contributed by atoms with Gasteiger partial charge < -0.3 is 14.5 Å². The van der Waals surface area contributed by atoms with Gasteiger partial charge in [-0.3, -0.25) is 9.59 Å². The Kier molecular flexibility index (Phi) is 6.56. The fraction of sp³-hybridized carbons (Fsp3) is 0.417. The normalized spacial score (nSPS) is 19.1. The van der Waals surface area contributed by atoms with Crippen molar-refractivity contribution in [3.8, 4) is 11.1 Å². The number of halogens is 1. The number of rotatable bonds is 5. The molecule has 0 N–H and O–H groups in total. The molecule has 0 aliphatic carbocycles. The summed E-state index contributed by atoms with van der Waals surface area (Å²) < 4.78 is 19.5. The van der Waals surface area contributed by atoms with Gasteiger partial charge in [0.2, 0.25) is 5.91 Å². The molecule has 160 valence electrons. The molecule has 0 radical (unpaired) electrons. The van der Waals surface area contributed by atoms with Crippen molar-refractivity contribution in [2.24, 2.45) is 5.92 Å². The number of amides is 2. The molecule has 2 aromatic rings. The van der Waals surface area contributed by atoms with E-state index in [1.807, 2.05) is 38.1 Å². The number of ether oxygens (including phenoxy) is 1. The maximum atomic E-state index is 13.4. The van der Waals surface area contributed by atoms with E-state index in [0.29, 0.717) is 19.6 Å². The van der Waals surface area contributed by atoms with Gasteiger partial charge in [0.15, 0.2) is 5.60 Å². The third-order valence-corrected chi connectivity index (χ3v) is 5.44. The Morgan fingerprint density at radius 2 is 1.80 bits per heavy atom. The number of nitrogens with zero attached hydrogens (tertiary/aromatic N) is 2. The van der Waals surface area contributed by atoms with Crippen LogP contribution in [0, 0.1) is 11.7 Å². The molecule has 2 aromatic carbocycles. The second-order valence-electron chi connectivity index (χ2n) is 8.30. The second kappa shape index (κ2) is 8.96. The van der Waals surface area contributed by atoms with Crippen molar-refractivity contribution in [2.45, 2.75) is 25.9 Å². The summed E-state index contributed by atoms with van der Waals surface area (Å²) in [5.74, 6) is -0.602. The first kappa shape index (κ1) is 22.0. The van der Waals surface area contributed by atoms with Crippen molar-refractivity contribution in [2.75, 3.05) is 33.8 Å². The van der Waals surface area contributed by atoms with E-state index in [1.165, 1.54) is 17.0 Å². The molecule has 2 amide bonds. The number of carbonyl (C=O) groups is 2. The first-order chi connectivity index (χ1) is 14.2. The van der Waals surface area contributed by atoms with Crippen LogP contribution in [0.1, 0.15) is 19.4 Å². The minimum Gasteiger partial charge on any atom is -0.361 e. The zero-order valence-electron chi connectivity index (χ0n) is 18.0. The molecular formula is C24H29FN2O3. The predicted molar refractivity (Wildman–Crippen MR) is 114 cm³/mol. The summed E-state index contributed by atoms with van der Waals surface area (Å²) in [6.07, 6.45) is 0.319. The first-order valence-corrected chi connectivity index (χ1v) is 10.2. The Balaban J connectivity index is 2.00. The molecule has 1 heterocycles. The first-order valence-electron chi connectivity index (χ1n) is 10.2. The Labute approximate surface area is 177 Å². The quantitative estimate of drug-likeness (QED) is 0.757. The Bertz CT molecular complexity index is 911. The summed E-state index contributed by atoms with van der Waals surface area (Å²) in [4.78, 5) is 29.2. The van der Waals surface area contributed by atoms with Crippen LogP contribution in [0.3, 0.4) is 0 Å². The minimum atomic E-state index is -1.16. The number of benzene rings is 2. The lowest BCUT2D eigenvalue weighted by molar-refractivity contribution is -0.173. The molecule has 0 aromatic heterocycles.